The normalized spacial score (nSPS) is 13.1. The molecule has 0 aliphatic heterocycles. The summed E-state index contributed by atoms with van der Waals surface area (Å²) in [6.45, 7) is 4.12. The monoisotopic (exact) mass is 224 g/mol. The Bertz CT molecular complexity index is 297. The fraction of sp³-hybridized carbons (Fsp3) is 0.538. The van der Waals surface area contributed by atoms with Crippen LogP contribution in [-0.4, -0.2) is 32.1 Å². The average Bonchev–Trinajstić information content (AvgIpc) is 2.30. The molecule has 1 atom stereocenters. The standard InChI is InChI=1S/C13H21FN2/c1-4-13(16(3)10-9-15-2)11-5-7-12(14)8-6-11/h5-8,13,15H,4,9-10H2,1-3H3. The van der Waals surface area contributed by atoms with Gasteiger partial charge in [0.15, 0.2) is 0 Å². The predicted octanol–water partition coefficient (Wildman–Crippen LogP) is 2.43. The number of benzene rings is 1. The third-order valence-corrected chi connectivity index (χ3v) is 2.89. The summed E-state index contributed by atoms with van der Waals surface area (Å²) in [6.07, 6.45) is 1.03. The molecule has 0 aliphatic carbocycles. The van der Waals surface area contributed by atoms with E-state index in [0.29, 0.717) is 6.04 Å². The fourth-order valence-electron chi connectivity index (χ4n) is 1.93. The van der Waals surface area contributed by atoms with E-state index in [0.717, 1.165) is 19.5 Å². The molecule has 1 rings (SSSR count). The molecule has 0 radical (unpaired) electrons. The lowest BCUT2D eigenvalue weighted by Crippen LogP contribution is -2.30. The molecule has 1 N–H and O–H groups in total. The Morgan fingerprint density at radius 2 is 1.94 bits per heavy atom. The number of hydrogen-bond acceptors (Lipinski definition) is 2. The number of nitrogens with one attached hydrogen (secondary N) is 1. The van der Waals surface area contributed by atoms with E-state index in [1.54, 1.807) is 0 Å². The summed E-state index contributed by atoms with van der Waals surface area (Å²) in [4.78, 5) is 2.30. The van der Waals surface area contributed by atoms with Crippen LogP contribution in [0.5, 0.6) is 0 Å². The highest BCUT2D eigenvalue weighted by atomic mass is 19.1. The number of hydrogen-bond donors (Lipinski definition) is 1. The zero-order chi connectivity index (χ0) is 12.0. The van der Waals surface area contributed by atoms with Gasteiger partial charge < -0.3 is 5.32 Å². The van der Waals surface area contributed by atoms with Crippen LogP contribution in [0.2, 0.25) is 0 Å². The van der Waals surface area contributed by atoms with Gasteiger partial charge in [0.05, 0.1) is 0 Å². The zero-order valence-electron chi connectivity index (χ0n) is 10.3. The van der Waals surface area contributed by atoms with E-state index in [9.17, 15) is 4.39 Å². The highest BCUT2D eigenvalue weighted by Gasteiger charge is 2.14. The van der Waals surface area contributed by atoms with Crippen molar-refractivity contribution in [3.8, 4) is 0 Å². The van der Waals surface area contributed by atoms with E-state index in [2.05, 4.69) is 24.2 Å². The first-order valence-corrected chi connectivity index (χ1v) is 5.79. The first kappa shape index (κ1) is 13.1. The highest BCUT2D eigenvalue weighted by molar-refractivity contribution is 5.19. The maximum Gasteiger partial charge on any atom is 0.123 e. The SMILES string of the molecule is CCC(c1ccc(F)cc1)N(C)CCNC. The molecule has 0 fully saturated rings. The second-order valence-electron chi connectivity index (χ2n) is 4.06. The molecule has 0 aliphatic rings. The van der Waals surface area contributed by atoms with E-state index < -0.39 is 0 Å². The molecule has 0 heterocycles. The van der Waals surface area contributed by atoms with Crippen molar-refractivity contribution in [3.63, 3.8) is 0 Å². The van der Waals surface area contributed by atoms with Gasteiger partial charge in [-0.05, 0) is 38.2 Å². The lowest BCUT2D eigenvalue weighted by atomic mass is 10.0. The summed E-state index contributed by atoms with van der Waals surface area (Å²) in [5.41, 5.74) is 1.18. The second-order valence-corrected chi connectivity index (χ2v) is 4.06. The van der Waals surface area contributed by atoms with E-state index in [1.165, 1.54) is 17.7 Å². The molecule has 0 amide bonds. The van der Waals surface area contributed by atoms with Crippen molar-refractivity contribution in [2.24, 2.45) is 0 Å². The number of likely N-dealkylation sites (N-methyl/N-ethyl adjacent to an activating group) is 2. The summed E-state index contributed by atoms with van der Waals surface area (Å²) < 4.78 is 12.8. The first-order chi connectivity index (χ1) is 7.69. The Balaban J connectivity index is 2.69. The van der Waals surface area contributed by atoms with Gasteiger partial charge in [0, 0.05) is 19.1 Å². The van der Waals surface area contributed by atoms with Gasteiger partial charge in [-0.25, -0.2) is 4.39 Å². The molecule has 1 aromatic carbocycles. The molecule has 0 saturated heterocycles. The Morgan fingerprint density at radius 3 is 2.44 bits per heavy atom. The van der Waals surface area contributed by atoms with Gasteiger partial charge in [0.2, 0.25) is 0 Å². The van der Waals surface area contributed by atoms with Gasteiger partial charge >= 0.3 is 0 Å². The van der Waals surface area contributed by atoms with Crippen molar-refractivity contribution in [2.75, 3.05) is 27.2 Å². The molecule has 0 saturated carbocycles. The topological polar surface area (TPSA) is 15.3 Å². The van der Waals surface area contributed by atoms with E-state index in [-0.39, 0.29) is 5.82 Å². The summed E-state index contributed by atoms with van der Waals surface area (Å²) in [6, 6.07) is 7.18. The fourth-order valence-corrected chi connectivity index (χ4v) is 1.93. The van der Waals surface area contributed by atoms with E-state index in [1.807, 2.05) is 19.2 Å². The second kappa shape index (κ2) is 6.61. The molecule has 1 unspecified atom stereocenters. The van der Waals surface area contributed by atoms with Crippen molar-refractivity contribution in [3.05, 3.63) is 35.6 Å². The van der Waals surface area contributed by atoms with Crippen molar-refractivity contribution in [1.82, 2.24) is 10.2 Å². The molecule has 16 heavy (non-hydrogen) atoms. The Hall–Kier alpha value is -0.930. The first-order valence-electron chi connectivity index (χ1n) is 5.79. The minimum atomic E-state index is -0.170. The number of nitrogens with zero attached hydrogens (tertiary/aromatic N) is 1. The minimum absolute atomic E-state index is 0.170. The largest absolute Gasteiger partial charge is 0.318 e. The van der Waals surface area contributed by atoms with Crippen molar-refractivity contribution in [2.45, 2.75) is 19.4 Å². The van der Waals surface area contributed by atoms with Gasteiger partial charge in [-0.1, -0.05) is 19.1 Å². The Kier molecular flexibility index (Phi) is 5.43. The number of rotatable bonds is 6. The predicted molar refractivity (Wildman–Crippen MR) is 66.0 cm³/mol. The molecule has 0 aromatic heterocycles. The Morgan fingerprint density at radius 1 is 1.31 bits per heavy atom. The highest BCUT2D eigenvalue weighted by Crippen LogP contribution is 2.22. The lowest BCUT2D eigenvalue weighted by molar-refractivity contribution is 0.240. The lowest BCUT2D eigenvalue weighted by Gasteiger charge is -2.27. The van der Waals surface area contributed by atoms with Gasteiger partial charge in [0.1, 0.15) is 5.82 Å². The van der Waals surface area contributed by atoms with Crippen molar-refractivity contribution in [1.29, 1.82) is 0 Å². The van der Waals surface area contributed by atoms with Gasteiger partial charge in [-0.15, -0.1) is 0 Å². The maximum atomic E-state index is 12.8. The van der Waals surface area contributed by atoms with Crippen LogP contribution in [0.3, 0.4) is 0 Å². The van der Waals surface area contributed by atoms with Gasteiger partial charge in [-0.3, -0.25) is 4.90 Å². The van der Waals surface area contributed by atoms with Crippen LogP contribution in [0.15, 0.2) is 24.3 Å². The Labute approximate surface area is 97.5 Å². The number of halogens is 1. The van der Waals surface area contributed by atoms with Crippen molar-refractivity contribution >= 4 is 0 Å². The third kappa shape index (κ3) is 3.58. The average molecular weight is 224 g/mol. The molecule has 0 bridgehead atoms. The molecule has 3 heteroatoms. The van der Waals surface area contributed by atoms with Crippen LogP contribution >= 0.6 is 0 Å². The smallest absolute Gasteiger partial charge is 0.123 e. The van der Waals surface area contributed by atoms with E-state index >= 15 is 0 Å². The van der Waals surface area contributed by atoms with Crippen LogP contribution in [0.4, 0.5) is 4.39 Å². The third-order valence-electron chi connectivity index (χ3n) is 2.89. The summed E-state index contributed by atoms with van der Waals surface area (Å²) in [5.74, 6) is -0.170. The summed E-state index contributed by atoms with van der Waals surface area (Å²) in [5, 5.41) is 3.14. The van der Waals surface area contributed by atoms with Gasteiger partial charge in [-0.2, -0.15) is 0 Å². The molecule has 1 aromatic rings. The summed E-state index contributed by atoms with van der Waals surface area (Å²) in [7, 11) is 4.06. The van der Waals surface area contributed by atoms with Crippen LogP contribution in [0.25, 0.3) is 0 Å². The minimum Gasteiger partial charge on any atom is -0.318 e. The van der Waals surface area contributed by atoms with Crippen LogP contribution in [-0.2, 0) is 0 Å². The molecular weight excluding hydrogens is 203 g/mol. The zero-order valence-corrected chi connectivity index (χ0v) is 10.3. The summed E-state index contributed by atoms with van der Waals surface area (Å²) >= 11 is 0. The molecule has 0 spiro atoms. The quantitative estimate of drug-likeness (QED) is 0.798. The van der Waals surface area contributed by atoms with Crippen LogP contribution < -0.4 is 5.32 Å². The van der Waals surface area contributed by atoms with E-state index in [4.69, 9.17) is 0 Å². The molecule has 90 valence electrons. The van der Waals surface area contributed by atoms with Crippen LogP contribution in [0.1, 0.15) is 24.9 Å². The molecular formula is C13H21FN2. The van der Waals surface area contributed by atoms with Crippen LogP contribution in [0, 0.1) is 5.82 Å². The maximum absolute atomic E-state index is 12.8. The van der Waals surface area contributed by atoms with Crippen molar-refractivity contribution < 1.29 is 4.39 Å². The molecule has 2 nitrogen and oxygen atoms in total. The van der Waals surface area contributed by atoms with Gasteiger partial charge in [0.25, 0.3) is 0 Å².